The lowest BCUT2D eigenvalue weighted by Crippen LogP contribution is -2.29. The topological polar surface area (TPSA) is 69.6 Å². The normalized spacial score (nSPS) is 11.6. The smallest absolute Gasteiger partial charge is 0.338 e. The molecule has 0 amide bonds. The molecule has 20 heavy (non-hydrogen) atoms. The lowest BCUT2D eigenvalue weighted by molar-refractivity contribution is 0.0692. The molecule has 0 radical (unpaired) electrons. The van der Waals surface area contributed by atoms with Gasteiger partial charge in [-0.2, -0.15) is 0 Å². The summed E-state index contributed by atoms with van der Waals surface area (Å²) in [6.07, 6.45) is 1.67. The Kier molecular flexibility index (Phi) is 6.10. The molecule has 1 aromatic carbocycles. The van der Waals surface area contributed by atoms with Crippen LogP contribution in [-0.2, 0) is 6.54 Å². The number of hydrogen-bond acceptors (Lipinski definition) is 3. The molecule has 3 N–H and O–H groups in total. The van der Waals surface area contributed by atoms with E-state index in [1.165, 1.54) is 12.1 Å². The largest absolute Gasteiger partial charge is 0.478 e. The molecule has 0 bridgehead atoms. The van der Waals surface area contributed by atoms with E-state index in [4.69, 9.17) is 10.2 Å². The Morgan fingerprint density at radius 3 is 2.65 bits per heavy atom. The average molecular weight is 283 g/mol. The zero-order valence-electron chi connectivity index (χ0n) is 11.9. The second-order valence-corrected chi connectivity index (χ2v) is 5.71. The van der Waals surface area contributed by atoms with Crippen LogP contribution in [0.3, 0.4) is 0 Å². The molecular weight excluding hydrogens is 261 g/mol. The molecule has 1 rings (SSSR count). The molecule has 0 heterocycles. The third-order valence-electron chi connectivity index (χ3n) is 3.21. The standard InChI is InChI=1S/C15H22FNO3/c1-15(2,6-3-7-18)10-17-9-11-4-5-12(14(19)20)13(16)8-11/h4-5,8,17-18H,3,6-7,9-10H2,1-2H3,(H,19,20). The number of aromatic carboxylic acids is 1. The van der Waals surface area contributed by atoms with Crippen LogP contribution in [0, 0.1) is 11.2 Å². The molecule has 0 aliphatic heterocycles. The molecule has 0 atom stereocenters. The van der Waals surface area contributed by atoms with Gasteiger partial charge >= 0.3 is 5.97 Å². The van der Waals surface area contributed by atoms with Crippen LogP contribution in [0.25, 0.3) is 0 Å². The van der Waals surface area contributed by atoms with Crippen molar-refractivity contribution in [2.45, 2.75) is 33.2 Å². The number of benzene rings is 1. The van der Waals surface area contributed by atoms with Crippen LogP contribution in [0.5, 0.6) is 0 Å². The Morgan fingerprint density at radius 2 is 2.10 bits per heavy atom. The first-order valence-electron chi connectivity index (χ1n) is 6.69. The minimum atomic E-state index is -1.26. The van der Waals surface area contributed by atoms with Gasteiger partial charge < -0.3 is 15.5 Å². The van der Waals surface area contributed by atoms with Gasteiger partial charge in [0.25, 0.3) is 0 Å². The Bertz CT molecular complexity index is 460. The first-order valence-corrected chi connectivity index (χ1v) is 6.69. The number of carboxylic acid groups (broad SMARTS) is 1. The zero-order valence-corrected chi connectivity index (χ0v) is 11.9. The van der Waals surface area contributed by atoms with Crippen LogP contribution in [0.2, 0.25) is 0 Å². The van der Waals surface area contributed by atoms with Gasteiger partial charge in [0, 0.05) is 19.7 Å². The summed E-state index contributed by atoms with van der Waals surface area (Å²) >= 11 is 0. The monoisotopic (exact) mass is 283 g/mol. The second-order valence-electron chi connectivity index (χ2n) is 5.71. The van der Waals surface area contributed by atoms with Gasteiger partial charge in [-0.05, 0) is 36.0 Å². The van der Waals surface area contributed by atoms with Crippen molar-refractivity contribution in [3.63, 3.8) is 0 Å². The second kappa shape index (κ2) is 7.36. The molecule has 0 aliphatic rings. The predicted octanol–water partition coefficient (Wildman–Crippen LogP) is 2.41. The summed E-state index contributed by atoms with van der Waals surface area (Å²) in [5.41, 5.74) is 0.463. The molecule has 0 aliphatic carbocycles. The number of nitrogens with one attached hydrogen (secondary N) is 1. The predicted molar refractivity (Wildman–Crippen MR) is 75.2 cm³/mol. The fourth-order valence-electron chi connectivity index (χ4n) is 2.03. The molecule has 0 saturated carbocycles. The summed E-state index contributed by atoms with van der Waals surface area (Å²) < 4.78 is 13.5. The summed E-state index contributed by atoms with van der Waals surface area (Å²) in [4.78, 5) is 10.7. The van der Waals surface area contributed by atoms with Crippen LogP contribution >= 0.6 is 0 Å². The number of carbonyl (C=O) groups is 1. The SMILES string of the molecule is CC(C)(CCCO)CNCc1ccc(C(=O)O)c(F)c1. The van der Waals surface area contributed by atoms with Crippen molar-refractivity contribution < 1.29 is 19.4 Å². The third-order valence-corrected chi connectivity index (χ3v) is 3.21. The molecular formula is C15H22FNO3. The lowest BCUT2D eigenvalue weighted by Gasteiger charge is -2.24. The van der Waals surface area contributed by atoms with Crippen molar-refractivity contribution in [2.24, 2.45) is 5.41 Å². The van der Waals surface area contributed by atoms with Crippen LogP contribution in [-0.4, -0.2) is 29.3 Å². The Hall–Kier alpha value is -1.46. The van der Waals surface area contributed by atoms with E-state index in [9.17, 15) is 9.18 Å². The van der Waals surface area contributed by atoms with Crippen molar-refractivity contribution in [3.05, 3.63) is 35.1 Å². The van der Waals surface area contributed by atoms with Gasteiger partial charge in [-0.25, -0.2) is 9.18 Å². The number of halogens is 1. The molecule has 5 heteroatoms. The Morgan fingerprint density at radius 1 is 1.40 bits per heavy atom. The summed E-state index contributed by atoms with van der Waals surface area (Å²) in [6.45, 7) is 5.62. The van der Waals surface area contributed by atoms with E-state index in [0.717, 1.165) is 19.4 Å². The molecule has 0 unspecified atom stereocenters. The minimum absolute atomic E-state index is 0.0578. The number of aliphatic hydroxyl groups is 1. The summed E-state index contributed by atoms with van der Waals surface area (Å²) in [5.74, 6) is -1.97. The van der Waals surface area contributed by atoms with Gasteiger partial charge in [0.15, 0.2) is 0 Å². The molecule has 4 nitrogen and oxygen atoms in total. The first-order chi connectivity index (χ1) is 9.35. The van der Waals surface area contributed by atoms with Crippen LogP contribution < -0.4 is 5.32 Å². The maximum Gasteiger partial charge on any atom is 0.338 e. The first kappa shape index (κ1) is 16.6. The maximum atomic E-state index is 13.5. The van der Waals surface area contributed by atoms with Gasteiger partial charge in [-0.3, -0.25) is 0 Å². The van der Waals surface area contributed by atoms with E-state index >= 15 is 0 Å². The van der Waals surface area contributed by atoms with Crippen molar-refractivity contribution >= 4 is 5.97 Å². The van der Waals surface area contributed by atoms with Crippen LogP contribution in [0.15, 0.2) is 18.2 Å². The fourth-order valence-corrected chi connectivity index (χ4v) is 2.03. The highest BCUT2D eigenvalue weighted by Gasteiger charge is 2.16. The van der Waals surface area contributed by atoms with Crippen molar-refractivity contribution in [2.75, 3.05) is 13.2 Å². The van der Waals surface area contributed by atoms with Gasteiger partial charge in [-0.15, -0.1) is 0 Å². The number of rotatable bonds is 8. The van der Waals surface area contributed by atoms with Gasteiger partial charge in [0.05, 0.1) is 5.56 Å². The molecule has 1 aromatic rings. The summed E-state index contributed by atoms with van der Waals surface area (Å²) in [6, 6.07) is 4.14. The Labute approximate surface area is 118 Å². The van der Waals surface area contributed by atoms with Crippen LogP contribution in [0.4, 0.5) is 4.39 Å². The zero-order chi connectivity index (χ0) is 15.2. The van der Waals surface area contributed by atoms with E-state index in [0.29, 0.717) is 12.1 Å². The molecule has 112 valence electrons. The summed E-state index contributed by atoms with van der Waals surface area (Å²) in [5, 5.41) is 20.8. The fraction of sp³-hybridized carbons (Fsp3) is 0.533. The lowest BCUT2D eigenvalue weighted by atomic mass is 9.88. The van der Waals surface area contributed by atoms with E-state index in [1.54, 1.807) is 6.07 Å². The summed E-state index contributed by atoms with van der Waals surface area (Å²) in [7, 11) is 0. The Balaban J connectivity index is 2.50. The van der Waals surface area contributed by atoms with Gasteiger partial charge in [-0.1, -0.05) is 19.9 Å². The molecule has 0 spiro atoms. The third kappa shape index (κ3) is 5.27. The number of hydrogen-bond donors (Lipinski definition) is 3. The van der Waals surface area contributed by atoms with E-state index in [1.807, 2.05) is 0 Å². The highest BCUT2D eigenvalue weighted by atomic mass is 19.1. The quantitative estimate of drug-likeness (QED) is 0.685. The van der Waals surface area contributed by atoms with Crippen LogP contribution in [0.1, 0.15) is 42.6 Å². The maximum absolute atomic E-state index is 13.5. The van der Waals surface area contributed by atoms with Gasteiger partial charge in [0.2, 0.25) is 0 Å². The van der Waals surface area contributed by atoms with E-state index in [2.05, 4.69) is 19.2 Å². The number of aliphatic hydroxyl groups excluding tert-OH is 1. The minimum Gasteiger partial charge on any atom is -0.478 e. The van der Waals surface area contributed by atoms with Crippen molar-refractivity contribution in [3.8, 4) is 0 Å². The van der Waals surface area contributed by atoms with Gasteiger partial charge in [0.1, 0.15) is 5.82 Å². The number of carboxylic acids is 1. The molecule has 0 saturated heterocycles. The molecule has 0 aromatic heterocycles. The van der Waals surface area contributed by atoms with Crippen molar-refractivity contribution in [1.82, 2.24) is 5.32 Å². The highest BCUT2D eigenvalue weighted by molar-refractivity contribution is 5.87. The van der Waals surface area contributed by atoms with E-state index < -0.39 is 11.8 Å². The van der Waals surface area contributed by atoms with E-state index in [-0.39, 0.29) is 17.6 Å². The highest BCUT2D eigenvalue weighted by Crippen LogP contribution is 2.21. The molecule has 0 fully saturated rings. The van der Waals surface area contributed by atoms with Crippen molar-refractivity contribution in [1.29, 1.82) is 0 Å². The average Bonchev–Trinajstić information content (AvgIpc) is 2.36.